The van der Waals surface area contributed by atoms with Gasteiger partial charge in [0.2, 0.25) is 0 Å². The number of rotatable bonds is 5. The smallest absolute Gasteiger partial charge is 0.160 e. The molecule has 0 unspecified atom stereocenters. The van der Waals surface area contributed by atoms with Gasteiger partial charge in [0.05, 0.1) is 22.2 Å². The molecule has 0 N–H and O–H groups in total. The standard InChI is InChI=1S/C72H44N2S/c1-3-18-45(19-4-1)46-34-38-48(39-35-46)64-44-65(74-70(73-64)50-20-5-2-6-21-50)49-40-36-47(37-41-49)51-25-17-26-56-67-63(43-42-55-54-24-9-16-33-66(54)75-69(55)67)72(68(51)56)61-31-14-12-29-59(61)71(60-30-13-15-32-62(60)72)57-27-10-7-22-52(57)53-23-8-11-28-58(53)71/h1-44H. The van der Waals surface area contributed by atoms with Crippen molar-refractivity contribution < 1.29 is 0 Å². The van der Waals surface area contributed by atoms with Gasteiger partial charge in [0.15, 0.2) is 5.82 Å². The van der Waals surface area contributed by atoms with Gasteiger partial charge in [0, 0.05) is 42.4 Å². The summed E-state index contributed by atoms with van der Waals surface area (Å²) in [6, 6.07) is 98.9. The quantitative estimate of drug-likeness (QED) is 0.172. The van der Waals surface area contributed by atoms with Crippen LogP contribution >= 0.6 is 11.3 Å². The second-order valence-electron chi connectivity index (χ2n) is 20.2. The van der Waals surface area contributed by atoms with Gasteiger partial charge in [-0.1, -0.05) is 255 Å². The summed E-state index contributed by atoms with van der Waals surface area (Å²) in [5.74, 6) is 0.701. The Bertz CT molecular complexity index is 4360. The molecule has 13 aromatic rings. The normalized spacial score (nSPS) is 13.8. The van der Waals surface area contributed by atoms with Crippen molar-refractivity contribution in [3.05, 3.63) is 311 Å². The molecule has 2 heterocycles. The number of hydrogen-bond acceptors (Lipinski definition) is 3. The molecule has 3 heteroatoms. The molecule has 0 fully saturated rings. The molecule has 0 atom stereocenters. The molecule has 348 valence electrons. The fraction of sp³-hybridized carbons (Fsp3) is 0.0278. The number of aromatic nitrogens is 2. The van der Waals surface area contributed by atoms with E-state index in [1.165, 1.54) is 104 Å². The first-order chi connectivity index (χ1) is 37.2. The number of nitrogens with zero attached hydrogens (tertiary/aromatic N) is 2. The monoisotopic (exact) mass is 968 g/mol. The van der Waals surface area contributed by atoms with Crippen molar-refractivity contribution in [2.75, 3.05) is 0 Å². The molecule has 75 heavy (non-hydrogen) atoms. The SMILES string of the molecule is c1ccc(-c2ccc(-c3cc(-c4ccc(-c5cccc6c5C5(c7ccccc7C7(c8ccccc8-c8ccccc87)c7ccccc75)c5ccc7c(sc8ccccc87)c5-6)cc4)nc(-c4ccccc4)n3)cc2)cc1. The first-order valence-electron chi connectivity index (χ1n) is 25.9. The Hall–Kier alpha value is -9.28. The van der Waals surface area contributed by atoms with Crippen LogP contribution in [-0.4, -0.2) is 9.97 Å². The van der Waals surface area contributed by atoms with Crippen molar-refractivity contribution in [2.24, 2.45) is 0 Å². The van der Waals surface area contributed by atoms with Gasteiger partial charge >= 0.3 is 0 Å². The van der Waals surface area contributed by atoms with Crippen LogP contribution in [0.3, 0.4) is 0 Å². The van der Waals surface area contributed by atoms with E-state index in [9.17, 15) is 0 Å². The summed E-state index contributed by atoms with van der Waals surface area (Å²) >= 11 is 1.93. The van der Waals surface area contributed by atoms with Crippen molar-refractivity contribution >= 4 is 31.5 Å². The molecule has 3 aliphatic carbocycles. The Morgan fingerprint density at radius 3 is 1.35 bits per heavy atom. The van der Waals surface area contributed by atoms with E-state index in [0.29, 0.717) is 5.82 Å². The van der Waals surface area contributed by atoms with Gasteiger partial charge in [-0.3, -0.25) is 0 Å². The van der Waals surface area contributed by atoms with E-state index in [2.05, 4.69) is 261 Å². The van der Waals surface area contributed by atoms with Crippen LogP contribution < -0.4 is 0 Å². The summed E-state index contributed by atoms with van der Waals surface area (Å²) in [4.78, 5) is 10.5. The maximum Gasteiger partial charge on any atom is 0.160 e. The molecule has 0 bridgehead atoms. The number of benzene rings is 11. The zero-order valence-corrected chi connectivity index (χ0v) is 41.5. The number of hydrogen-bond donors (Lipinski definition) is 0. The molecule has 16 rings (SSSR count). The van der Waals surface area contributed by atoms with E-state index < -0.39 is 10.8 Å². The highest BCUT2D eigenvalue weighted by molar-refractivity contribution is 7.26. The lowest BCUT2D eigenvalue weighted by atomic mass is 9.52. The first-order valence-corrected chi connectivity index (χ1v) is 26.7. The van der Waals surface area contributed by atoms with Crippen LogP contribution in [0.5, 0.6) is 0 Å². The molecule has 0 saturated carbocycles. The zero-order chi connectivity index (χ0) is 49.2. The second-order valence-corrected chi connectivity index (χ2v) is 21.3. The summed E-state index contributed by atoms with van der Waals surface area (Å²) in [5, 5.41) is 2.62. The Balaban J connectivity index is 0.926. The summed E-state index contributed by atoms with van der Waals surface area (Å²) in [6.45, 7) is 0. The average molecular weight is 969 g/mol. The maximum atomic E-state index is 5.27. The van der Waals surface area contributed by atoms with E-state index >= 15 is 0 Å². The van der Waals surface area contributed by atoms with Crippen LogP contribution in [0.4, 0.5) is 0 Å². The predicted molar refractivity (Wildman–Crippen MR) is 310 cm³/mol. The molecule has 0 radical (unpaired) electrons. The van der Waals surface area contributed by atoms with Crippen LogP contribution in [0.15, 0.2) is 267 Å². The van der Waals surface area contributed by atoms with Crippen molar-refractivity contribution in [3.8, 4) is 78.4 Å². The zero-order valence-electron chi connectivity index (χ0n) is 40.7. The second kappa shape index (κ2) is 16.1. The largest absolute Gasteiger partial charge is 0.228 e. The van der Waals surface area contributed by atoms with Crippen LogP contribution in [0.2, 0.25) is 0 Å². The van der Waals surface area contributed by atoms with Gasteiger partial charge in [0.1, 0.15) is 0 Å². The van der Waals surface area contributed by atoms with Gasteiger partial charge in [-0.25, -0.2) is 9.97 Å². The fourth-order valence-electron chi connectivity index (χ4n) is 13.6. The van der Waals surface area contributed by atoms with E-state index in [1.807, 2.05) is 17.4 Å². The molecule has 2 spiro atoms. The highest BCUT2D eigenvalue weighted by atomic mass is 32.1. The molecular weight excluding hydrogens is 925 g/mol. The summed E-state index contributed by atoms with van der Waals surface area (Å²) in [6.07, 6.45) is 0. The molecule has 11 aromatic carbocycles. The Morgan fingerprint density at radius 2 is 0.733 bits per heavy atom. The van der Waals surface area contributed by atoms with Crippen LogP contribution in [-0.2, 0) is 10.8 Å². The predicted octanol–water partition coefficient (Wildman–Crippen LogP) is 18.2. The van der Waals surface area contributed by atoms with E-state index in [0.717, 1.165) is 33.6 Å². The van der Waals surface area contributed by atoms with Crippen molar-refractivity contribution in [2.45, 2.75) is 10.8 Å². The van der Waals surface area contributed by atoms with Crippen LogP contribution in [0.1, 0.15) is 44.5 Å². The number of fused-ring (bicyclic) bond motifs is 20. The third kappa shape index (κ3) is 5.84. The summed E-state index contributed by atoms with van der Waals surface area (Å²) in [5.41, 5.74) is 24.4. The first kappa shape index (κ1) is 42.2. The Kier molecular flexibility index (Phi) is 9.07. The highest BCUT2D eigenvalue weighted by Crippen LogP contribution is 2.69. The van der Waals surface area contributed by atoms with Gasteiger partial charge in [-0.15, -0.1) is 11.3 Å². The lowest BCUT2D eigenvalue weighted by Gasteiger charge is -2.49. The molecule has 0 aliphatic heterocycles. The minimum absolute atomic E-state index is 0.522. The lowest BCUT2D eigenvalue weighted by Crippen LogP contribution is -2.44. The Morgan fingerprint density at radius 1 is 0.280 bits per heavy atom. The van der Waals surface area contributed by atoms with Gasteiger partial charge in [-0.2, -0.15) is 0 Å². The molecule has 0 saturated heterocycles. The topological polar surface area (TPSA) is 25.8 Å². The lowest BCUT2D eigenvalue weighted by molar-refractivity contribution is 0.634. The summed E-state index contributed by atoms with van der Waals surface area (Å²) in [7, 11) is 0. The van der Waals surface area contributed by atoms with Crippen molar-refractivity contribution in [1.82, 2.24) is 9.97 Å². The Labute approximate surface area is 439 Å². The fourth-order valence-corrected chi connectivity index (χ4v) is 14.9. The molecule has 3 aliphatic rings. The minimum Gasteiger partial charge on any atom is -0.228 e. The van der Waals surface area contributed by atoms with Gasteiger partial charge < -0.3 is 0 Å². The van der Waals surface area contributed by atoms with Gasteiger partial charge in [0.25, 0.3) is 0 Å². The van der Waals surface area contributed by atoms with Crippen LogP contribution in [0, 0.1) is 0 Å². The highest BCUT2D eigenvalue weighted by Gasteiger charge is 2.59. The maximum absolute atomic E-state index is 5.27. The number of thiophene rings is 1. The molecular formula is C72H44N2S. The average Bonchev–Trinajstić information content (AvgIpc) is 4.35. The minimum atomic E-state index is -0.655. The third-order valence-corrected chi connectivity index (χ3v) is 17.8. The van der Waals surface area contributed by atoms with E-state index in [1.54, 1.807) is 0 Å². The van der Waals surface area contributed by atoms with E-state index in [-0.39, 0.29) is 0 Å². The third-order valence-electron chi connectivity index (χ3n) is 16.6. The molecule has 2 aromatic heterocycles. The van der Waals surface area contributed by atoms with Crippen LogP contribution in [0.25, 0.3) is 98.6 Å². The van der Waals surface area contributed by atoms with Gasteiger partial charge in [-0.05, 0) is 95.6 Å². The molecule has 2 nitrogen and oxygen atoms in total. The van der Waals surface area contributed by atoms with Crippen molar-refractivity contribution in [1.29, 1.82) is 0 Å². The van der Waals surface area contributed by atoms with Crippen molar-refractivity contribution in [3.63, 3.8) is 0 Å². The molecule has 0 amide bonds. The summed E-state index contributed by atoms with van der Waals surface area (Å²) < 4.78 is 2.65. The van der Waals surface area contributed by atoms with E-state index in [4.69, 9.17) is 9.97 Å².